The minimum atomic E-state index is -0.0121. The molecule has 1 saturated heterocycles. The first-order chi connectivity index (χ1) is 8.80. The van der Waals surface area contributed by atoms with Gasteiger partial charge in [0, 0.05) is 19.8 Å². The van der Waals surface area contributed by atoms with Crippen LogP contribution in [0.4, 0.5) is 0 Å². The molecule has 0 aromatic carbocycles. The Kier molecular flexibility index (Phi) is 5.42. The number of ether oxygens (including phenoxy) is 2. The molecule has 2 fully saturated rings. The van der Waals surface area contributed by atoms with E-state index in [4.69, 9.17) is 15.3 Å². The summed E-state index contributed by atoms with van der Waals surface area (Å²) in [6, 6.07) is 0.294. The van der Waals surface area contributed by atoms with Crippen LogP contribution in [-0.2, 0) is 9.47 Å². The van der Waals surface area contributed by atoms with Crippen LogP contribution in [0.3, 0.4) is 0 Å². The van der Waals surface area contributed by atoms with Gasteiger partial charge in [-0.2, -0.15) is 0 Å². The highest BCUT2D eigenvalue weighted by atomic mass is 16.5. The first-order valence-electron chi connectivity index (χ1n) is 7.48. The molecule has 1 atom stereocenters. The van der Waals surface area contributed by atoms with Gasteiger partial charge in [-0.05, 0) is 44.9 Å². The molecule has 4 heteroatoms. The number of rotatable bonds is 6. The van der Waals surface area contributed by atoms with Crippen LogP contribution < -0.4 is 11.3 Å². The fourth-order valence-corrected chi connectivity index (χ4v) is 3.60. The van der Waals surface area contributed by atoms with E-state index in [1.54, 1.807) is 0 Å². The highest BCUT2D eigenvalue weighted by Gasteiger charge is 2.42. The van der Waals surface area contributed by atoms with Crippen LogP contribution in [0.15, 0.2) is 0 Å². The number of hydrogen-bond donors (Lipinski definition) is 2. The molecule has 1 heterocycles. The SMILES string of the molecule is CCOC1(C(CC2CCOCC2)NN)CCCC1. The van der Waals surface area contributed by atoms with Crippen LogP contribution in [0, 0.1) is 5.92 Å². The minimum Gasteiger partial charge on any atom is -0.381 e. The van der Waals surface area contributed by atoms with Crippen LogP contribution in [0.25, 0.3) is 0 Å². The molecule has 0 aromatic heterocycles. The largest absolute Gasteiger partial charge is 0.381 e. The lowest BCUT2D eigenvalue weighted by molar-refractivity contribution is -0.0700. The smallest absolute Gasteiger partial charge is 0.0848 e. The Morgan fingerprint density at radius 2 is 2.00 bits per heavy atom. The topological polar surface area (TPSA) is 56.5 Å². The summed E-state index contributed by atoms with van der Waals surface area (Å²) in [5.41, 5.74) is 3.04. The fraction of sp³-hybridized carbons (Fsp3) is 1.00. The maximum absolute atomic E-state index is 6.11. The van der Waals surface area contributed by atoms with Crippen molar-refractivity contribution in [2.45, 2.75) is 63.5 Å². The quantitative estimate of drug-likeness (QED) is 0.563. The van der Waals surface area contributed by atoms with Gasteiger partial charge in [0.1, 0.15) is 0 Å². The molecule has 0 radical (unpaired) electrons. The summed E-state index contributed by atoms with van der Waals surface area (Å²) < 4.78 is 11.5. The average Bonchev–Trinajstić information content (AvgIpc) is 2.87. The molecule has 0 amide bonds. The highest BCUT2D eigenvalue weighted by molar-refractivity contribution is 4.97. The summed E-state index contributed by atoms with van der Waals surface area (Å²) >= 11 is 0. The van der Waals surface area contributed by atoms with Gasteiger partial charge in [0.05, 0.1) is 11.6 Å². The lowest BCUT2D eigenvalue weighted by atomic mass is 9.83. The van der Waals surface area contributed by atoms with E-state index in [-0.39, 0.29) is 5.60 Å². The van der Waals surface area contributed by atoms with Crippen molar-refractivity contribution in [1.29, 1.82) is 0 Å². The molecule has 2 rings (SSSR count). The number of nitrogens with one attached hydrogen (secondary N) is 1. The van der Waals surface area contributed by atoms with Gasteiger partial charge in [0.25, 0.3) is 0 Å². The van der Waals surface area contributed by atoms with E-state index in [0.29, 0.717) is 6.04 Å². The predicted molar refractivity (Wildman–Crippen MR) is 72.1 cm³/mol. The zero-order valence-electron chi connectivity index (χ0n) is 11.6. The lowest BCUT2D eigenvalue weighted by Crippen LogP contribution is -2.54. The van der Waals surface area contributed by atoms with Crippen molar-refractivity contribution >= 4 is 0 Å². The van der Waals surface area contributed by atoms with Gasteiger partial charge in [-0.15, -0.1) is 0 Å². The number of nitrogens with two attached hydrogens (primary N) is 1. The van der Waals surface area contributed by atoms with E-state index in [1.807, 2.05) is 0 Å². The van der Waals surface area contributed by atoms with Crippen molar-refractivity contribution in [3.8, 4) is 0 Å². The van der Waals surface area contributed by atoms with Crippen LogP contribution >= 0.6 is 0 Å². The Morgan fingerprint density at radius 3 is 2.56 bits per heavy atom. The molecule has 3 N–H and O–H groups in total. The van der Waals surface area contributed by atoms with Gasteiger partial charge >= 0.3 is 0 Å². The minimum absolute atomic E-state index is 0.0121. The Hall–Kier alpha value is -0.160. The third kappa shape index (κ3) is 3.23. The first kappa shape index (κ1) is 14.3. The molecule has 1 aliphatic carbocycles. The summed E-state index contributed by atoms with van der Waals surface area (Å²) in [6.45, 7) is 4.68. The van der Waals surface area contributed by atoms with Crippen molar-refractivity contribution in [1.82, 2.24) is 5.43 Å². The Bertz CT molecular complexity index is 236. The summed E-state index contributed by atoms with van der Waals surface area (Å²) in [6.07, 6.45) is 8.30. The molecule has 1 saturated carbocycles. The predicted octanol–water partition coefficient (Wildman–Crippen LogP) is 1.98. The zero-order valence-corrected chi connectivity index (χ0v) is 11.6. The fourth-order valence-electron chi connectivity index (χ4n) is 3.60. The van der Waals surface area contributed by atoms with Gasteiger partial charge in [0.2, 0.25) is 0 Å². The first-order valence-corrected chi connectivity index (χ1v) is 7.48. The van der Waals surface area contributed by atoms with Crippen molar-refractivity contribution in [2.75, 3.05) is 19.8 Å². The van der Waals surface area contributed by atoms with E-state index in [2.05, 4.69) is 12.3 Å². The molecule has 1 unspecified atom stereocenters. The molecule has 0 spiro atoms. The van der Waals surface area contributed by atoms with Gasteiger partial charge in [-0.25, -0.2) is 0 Å². The van der Waals surface area contributed by atoms with Gasteiger partial charge in [-0.3, -0.25) is 11.3 Å². The molecule has 18 heavy (non-hydrogen) atoms. The maximum Gasteiger partial charge on any atom is 0.0848 e. The van der Waals surface area contributed by atoms with E-state index in [0.717, 1.165) is 45.0 Å². The highest BCUT2D eigenvalue weighted by Crippen LogP contribution is 2.39. The van der Waals surface area contributed by atoms with Crippen LogP contribution in [0.1, 0.15) is 51.9 Å². The monoisotopic (exact) mass is 256 g/mol. The standard InChI is InChI=1S/C14H28N2O2/c1-2-18-14(7-3-4-8-14)13(16-15)11-12-5-9-17-10-6-12/h12-13,16H,2-11,15H2,1H3. The zero-order chi connectivity index (χ0) is 12.8. The summed E-state index contributed by atoms with van der Waals surface area (Å²) in [4.78, 5) is 0. The molecule has 4 nitrogen and oxygen atoms in total. The summed E-state index contributed by atoms with van der Waals surface area (Å²) in [5, 5.41) is 0. The third-order valence-electron chi connectivity index (χ3n) is 4.63. The van der Waals surface area contributed by atoms with Crippen molar-refractivity contribution in [2.24, 2.45) is 11.8 Å². The molecule has 1 aliphatic heterocycles. The maximum atomic E-state index is 6.11. The molecule has 106 valence electrons. The molecule has 2 aliphatic rings. The second-order valence-electron chi connectivity index (χ2n) is 5.72. The molecule has 0 bridgehead atoms. The molecular formula is C14H28N2O2. The van der Waals surface area contributed by atoms with E-state index < -0.39 is 0 Å². The molecule has 0 aromatic rings. The normalized spacial score (nSPS) is 26.3. The average molecular weight is 256 g/mol. The number of hydrogen-bond acceptors (Lipinski definition) is 4. The van der Waals surface area contributed by atoms with Gasteiger partial charge in [-0.1, -0.05) is 12.8 Å². The van der Waals surface area contributed by atoms with E-state index in [1.165, 1.54) is 25.7 Å². The van der Waals surface area contributed by atoms with Crippen LogP contribution in [0.2, 0.25) is 0 Å². The van der Waals surface area contributed by atoms with Crippen molar-refractivity contribution < 1.29 is 9.47 Å². The van der Waals surface area contributed by atoms with Crippen molar-refractivity contribution in [3.05, 3.63) is 0 Å². The summed E-state index contributed by atoms with van der Waals surface area (Å²) in [7, 11) is 0. The lowest BCUT2D eigenvalue weighted by Gasteiger charge is -2.39. The molecular weight excluding hydrogens is 228 g/mol. The van der Waals surface area contributed by atoms with E-state index in [9.17, 15) is 0 Å². The van der Waals surface area contributed by atoms with E-state index >= 15 is 0 Å². The Labute approximate surface area is 111 Å². The Morgan fingerprint density at radius 1 is 1.33 bits per heavy atom. The Balaban J connectivity index is 1.96. The van der Waals surface area contributed by atoms with Crippen LogP contribution in [-0.4, -0.2) is 31.5 Å². The van der Waals surface area contributed by atoms with Gasteiger partial charge < -0.3 is 9.47 Å². The second-order valence-corrected chi connectivity index (χ2v) is 5.72. The number of hydrazine groups is 1. The third-order valence-corrected chi connectivity index (χ3v) is 4.63. The second kappa shape index (κ2) is 6.85. The van der Waals surface area contributed by atoms with Gasteiger partial charge in [0.15, 0.2) is 0 Å². The van der Waals surface area contributed by atoms with Crippen LogP contribution in [0.5, 0.6) is 0 Å². The van der Waals surface area contributed by atoms with Crippen molar-refractivity contribution in [3.63, 3.8) is 0 Å². The summed E-state index contributed by atoms with van der Waals surface area (Å²) in [5.74, 6) is 6.56.